The van der Waals surface area contributed by atoms with Gasteiger partial charge in [0.1, 0.15) is 5.82 Å². The maximum atomic E-state index is 13.5. The van der Waals surface area contributed by atoms with Gasteiger partial charge in [-0.25, -0.2) is 4.39 Å². The molecule has 1 amide bonds. The van der Waals surface area contributed by atoms with Crippen LogP contribution in [0.1, 0.15) is 59.2 Å². The number of rotatable bonds is 5. The largest absolute Gasteiger partial charge is 0.337 e. The number of thiophene rings is 1. The lowest BCUT2D eigenvalue weighted by molar-refractivity contribution is -0.129. The number of carbonyl (C=O) groups is 1. The molecule has 4 nitrogen and oxygen atoms in total. The first-order valence-electron chi connectivity index (χ1n) is 11.7. The first kappa shape index (κ1) is 22.0. The number of piperidine rings is 1. The third-order valence-electron chi connectivity index (χ3n) is 7.14. The fourth-order valence-corrected chi connectivity index (χ4v) is 7.65. The van der Waals surface area contributed by atoms with Crippen LogP contribution in [0.25, 0.3) is 10.1 Å². The molecule has 0 unspecified atom stereocenters. The molecule has 7 heteroatoms. The van der Waals surface area contributed by atoms with Crippen molar-refractivity contribution in [2.24, 2.45) is 0 Å². The summed E-state index contributed by atoms with van der Waals surface area (Å²) in [5.74, 6) is 0.478. The number of nitrogens with zero attached hydrogens (tertiary/aromatic N) is 3. The van der Waals surface area contributed by atoms with Gasteiger partial charge in [-0.2, -0.15) is 4.37 Å². The van der Waals surface area contributed by atoms with Gasteiger partial charge in [-0.1, -0.05) is 6.92 Å². The van der Waals surface area contributed by atoms with Crippen LogP contribution in [0.2, 0.25) is 0 Å². The molecule has 170 valence electrons. The number of hydrogen-bond donors (Lipinski definition) is 0. The molecule has 0 aliphatic carbocycles. The molecule has 0 spiro atoms. The Labute approximate surface area is 197 Å². The Balaban J connectivity index is 1.20. The Bertz CT molecular complexity index is 1130. The van der Waals surface area contributed by atoms with E-state index < -0.39 is 0 Å². The van der Waals surface area contributed by atoms with E-state index in [0.717, 1.165) is 74.9 Å². The van der Waals surface area contributed by atoms with Crippen LogP contribution in [0.3, 0.4) is 0 Å². The van der Waals surface area contributed by atoms with E-state index in [2.05, 4.69) is 16.2 Å². The lowest BCUT2D eigenvalue weighted by atomic mass is 9.91. The van der Waals surface area contributed by atoms with E-state index in [1.165, 1.54) is 32.5 Å². The molecule has 2 aromatic heterocycles. The number of hydrogen-bond acceptors (Lipinski definition) is 5. The average Bonchev–Trinajstić information content (AvgIpc) is 3.37. The zero-order valence-electron chi connectivity index (χ0n) is 18.8. The molecule has 3 aromatic rings. The van der Waals surface area contributed by atoms with Gasteiger partial charge in [-0.15, -0.1) is 11.3 Å². The topological polar surface area (TPSA) is 36.4 Å². The summed E-state index contributed by atoms with van der Waals surface area (Å²) >= 11 is 3.36. The third kappa shape index (κ3) is 4.22. The predicted octanol–water partition coefficient (Wildman–Crippen LogP) is 5.39. The summed E-state index contributed by atoms with van der Waals surface area (Å²) in [6, 6.07) is 5.05. The number of likely N-dealkylation sites (tertiary alicyclic amines) is 1. The first-order chi connectivity index (χ1) is 15.5. The van der Waals surface area contributed by atoms with E-state index in [1.807, 2.05) is 22.3 Å². The second kappa shape index (κ2) is 9.20. The van der Waals surface area contributed by atoms with Crippen LogP contribution < -0.4 is 0 Å². The SMILES string of the molecule is CCc1c(CCN2CCC(c3nsc4cc(F)ccc34)CC2)sc2c1CCN(C(C)=O)C2. The highest BCUT2D eigenvalue weighted by Gasteiger charge is 2.27. The van der Waals surface area contributed by atoms with Crippen LogP contribution in [0.15, 0.2) is 18.2 Å². The van der Waals surface area contributed by atoms with E-state index in [4.69, 9.17) is 0 Å². The number of carbonyl (C=O) groups excluding carboxylic acids is 1. The van der Waals surface area contributed by atoms with Crippen molar-refractivity contribution >= 4 is 38.9 Å². The molecule has 0 bridgehead atoms. The van der Waals surface area contributed by atoms with Crippen molar-refractivity contribution < 1.29 is 9.18 Å². The van der Waals surface area contributed by atoms with Crippen molar-refractivity contribution in [3.63, 3.8) is 0 Å². The zero-order valence-corrected chi connectivity index (χ0v) is 20.5. The maximum Gasteiger partial charge on any atom is 0.219 e. The molecule has 2 aliphatic rings. The van der Waals surface area contributed by atoms with Crippen LogP contribution in [-0.4, -0.2) is 46.3 Å². The third-order valence-corrected chi connectivity index (χ3v) is 9.28. The Hall–Kier alpha value is -1.83. The minimum Gasteiger partial charge on any atom is -0.337 e. The summed E-state index contributed by atoms with van der Waals surface area (Å²) in [7, 11) is 0. The molecule has 0 radical (unpaired) electrons. The van der Waals surface area contributed by atoms with Gasteiger partial charge in [0.25, 0.3) is 0 Å². The average molecular weight is 472 g/mol. The number of benzene rings is 1. The quantitative estimate of drug-likeness (QED) is 0.501. The van der Waals surface area contributed by atoms with Crippen LogP contribution in [-0.2, 0) is 30.6 Å². The normalized spacial score (nSPS) is 17.8. The van der Waals surface area contributed by atoms with Crippen molar-refractivity contribution in [3.8, 4) is 0 Å². The summed E-state index contributed by atoms with van der Waals surface area (Å²) < 4.78 is 19.1. The highest BCUT2D eigenvalue weighted by atomic mass is 32.1. The van der Waals surface area contributed by atoms with Gasteiger partial charge in [-0.05, 0) is 86.1 Å². The molecular formula is C25H30FN3OS2. The molecule has 1 aromatic carbocycles. The van der Waals surface area contributed by atoms with Crippen molar-refractivity contribution in [3.05, 3.63) is 50.6 Å². The molecule has 5 rings (SSSR count). The minimum absolute atomic E-state index is 0.182. The number of aromatic nitrogens is 1. The maximum absolute atomic E-state index is 13.5. The van der Waals surface area contributed by atoms with Crippen LogP contribution in [0.5, 0.6) is 0 Å². The highest BCUT2D eigenvalue weighted by molar-refractivity contribution is 7.13. The van der Waals surface area contributed by atoms with E-state index >= 15 is 0 Å². The van der Waals surface area contributed by atoms with E-state index in [0.29, 0.717) is 5.92 Å². The fraction of sp³-hybridized carbons (Fsp3) is 0.520. The molecule has 1 saturated heterocycles. The van der Waals surface area contributed by atoms with Gasteiger partial charge in [-0.3, -0.25) is 4.79 Å². The van der Waals surface area contributed by atoms with Gasteiger partial charge >= 0.3 is 0 Å². The Morgan fingerprint density at radius 1 is 1.25 bits per heavy atom. The summed E-state index contributed by atoms with van der Waals surface area (Å²) in [6.07, 6.45) is 5.42. The Morgan fingerprint density at radius 3 is 2.81 bits per heavy atom. The smallest absolute Gasteiger partial charge is 0.219 e. The summed E-state index contributed by atoms with van der Waals surface area (Å²) in [4.78, 5) is 19.3. The monoisotopic (exact) mass is 471 g/mol. The molecule has 0 atom stereocenters. The molecular weight excluding hydrogens is 441 g/mol. The molecule has 2 aliphatic heterocycles. The lowest BCUT2D eigenvalue weighted by Crippen LogP contribution is -2.34. The van der Waals surface area contributed by atoms with E-state index in [9.17, 15) is 9.18 Å². The second-order valence-corrected chi connectivity index (χ2v) is 11.0. The molecule has 32 heavy (non-hydrogen) atoms. The Morgan fingerprint density at radius 2 is 2.06 bits per heavy atom. The molecule has 0 saturated carbocycles. The number of fused-ring (bicyclic) bond motifs is 2. The standard InChI is InChI=1S/C25H30FN3OS2/c1-3-19-20-8-13-29(16(2)30)15-24(20)31-22(19)9-12-28-10-6-17(7-11-28)25-21-5-4-18(26)14-23(21)32-27-25/h4-5,14,17H,3,6-13,15H2,1-2H3. The van der Waals surface area contributed by atoms with Gasteiger partial charge in [0.05, 0.1) is 16.9 Å². The highest BCUT2D eigenvalue weighted by Crippen LogP contribution is 2.36. The Kier molecular flexibility index (Phi) is 6.32. The molecule has 4 heterocycles. The van der Waals surface area contributed by atoms with Crippen molar-refractivity contribution in [1.82, 2.24) is 14.2 Å². The van der Waals surface area contributed by atoms with Crippen molar-refractivity contribution in [2.45, 2.75) is 58.4 Å². The van der Waals surface area contributed by atoms with Gasteiger partial charge in [0.2, 0.25) is 5.91 Å². The van der Waals surface area contributed by atoms with Crippen molar-refractivity contribution in [1.29, 1.82) is 0 Å². The van der Waals surface area contributed by atoms with Crippen LogP contribution in [0, 0.1) is 5.82 Å². The van der Waals surface area contributed by atoms with E-state index in [-0.39, 0.29) is 11.7 Å². The van der Waals surface area contributed by atoms with Crippen LogP contribution >= 0.6 is 22.9 Å². The fourth-order valence-electron chi connectivity index (χ4n) is 5.32. The van der Waals surface area contributed by atoms with Gasteiger partial charge in [0.15, 0.2) is 0 Å². The first-order valence-corrected chi connectivity index (χ1v) is 13.3. The van der Waals surface area contributed by atoms with Gasteiger partial charge in [0, 0.05) is 41.1 Å². The summed E-state index contributed by atoms with van der Waals surface area (Å²) in [5, 5.41) is 1.13. The minimum atomic E-state index is -0.182. The number of amides is 1. The van der Waals surface area contributed by atoms with E-state index in [1.54, 1.807) is 24.6 Å². The summed E-state index contributed by atoms with van der Waals surface area (Å²) in [5.41, 5.74) is 4.23. The predicted molar refractivity (Wildman–Crippen MR) is 130 cm³/mol. The van der Waals surface area contributed by atoms with Crippen molar-refractivity contribution in [2.75, 3.05) is 26.2 Å². The zero-order chi connectivity index (χ0) is 22.2. The summed E-state index contributed by atoms with van der Waals surface area (Å²) in [6.45, 7) is 8.87. The number of halogens is 1. The molecule has 0 N–H and O–H groups in total. The second-order valence-electron chi connectivity index (χ2n) is 9.02. The van der Waals surface area contributed by atoms with Crippen LogP contribution in [0.4, 0.5) is 4.39 Å². The lowest BCUT2D eigenvalue weighted by Gasteiger charge is -2.31. The molecule has 1 fully saturated rings. The van der Waals surface area contributed by atoms with Gasteiger partial charge < -0.3 is 9.80 Å².